The molecule has 1 atom stereocenters. The highest BCUT2D eigenvalue weighted by Gasteiger charge is 2.17. The van der Waals surface area contributed by atoms with Gasteiger partial charge in [0.2, 0.25) is 0 Å². The van der Waals surface area contributed by atoms with Crippen molar-refractivity contribution in [1.29, 1.82) is 0 Å². The molecule has 2 aromatic rings. The highest BCUT2D eigenvalue weighted by molar-refractivity contribution is 6.35. The standard InChI is InChI=1S/C16H14Cl3NO3/c1-8(11-4-3-10(17)7-12(11)18)20-16(22)9-5-13(19)15(21)14(6-9)23-2/h3-8,21H,1-2H3,(H,20,22)/t8-/m1/s1. The van der Waals surface area contributed by atoms with Crippen molar-refractivity contribution in [1.82, 2.24) is 5.32 Å². The van der Waals surface area contributed by atoms with E-state index in [0.29, 0.717) is 10.0 Å². The molecule has 2 aromatic carbocycles. The van der Waals surface area contributed by atoms with Crippen molar-refractivity contribution in [2.24, 2.45) is 0 Å². The average molecular weight is 375 g/mol. The molecular weight excluding hydrogens is 361 g/mol. The normalized spacial score (nSPS) is 11.9. The first-order valence-corrected chi connectivity index (χ1v) is 7.79. The molecule has 0 aliphatic rings. The topological polar surface area (TPSA) is 58.6 Å². The molecule has 0 bridgehead atoms. The Bertz CT molecular complexity index is 750. The summed E-state index contributed by atoms with van der Waals surface area (Å²) >= 11 is 17.9. The van der Waals surface area contributed by atoms with E-state index in [4.69, 9.17) is 39.5 Å². The van der Waals surface area contributed by atoms with E-state index in [2.05, 4.69) is 5.32 Å². The van der Waals surface area contributed by atoms with Gasteiger partial charge >= 0.3 is 0 Å². The van der Waals surface area contributed by atoms with Crippen LogP contribution in [-0.4, -0.2) is 18.1 Å². The molecule has 122 valence electrons. The number of aromatic hydroxyl groups is 1. The van der Waals surface area contributed by atoms with Crippen LogP contribution in [0.25, 0.3) is 0 Å². The van der Waals surface area contributed by atoms with Crippen LogP contribution in [0.4, 0.5) is 0 Å². The van der Waals surface area contributed by atoms with E-state index in [1.807, 2.05) is 0 Å². The zero-order chi connectivity index (χ0) is 17.1. The molecule has 0 aromatic heterocycles. The Morgan fingerprint density at radius 1 is 1.17 bits per heavy atom. The van der Waals surface area contributed by atoms with Crippen LogP contribution in [0.5, 0.6) is 11.5 Å². The van der Waals surface area contributed by atoms with Crippen LogP contribution in [0.1, 0.15) is 28.9 Å². The van der Waals surface area contributed by atoms with Gasteiger partial charge in [0, 0.05) is 15.6 Å². The zero-order valence-electron chi connectivity index (χ0n) is 12.4. The van der Waals surface area contributed by atoms with Gasteiger partial charge in [0.15, 0.2) is 11.5 Å². The minimum absolute atomic E-state index is 0.0340. The Morgan fingerprint density at radius 2 is 1.87 bits per heavy atom. The van der Waals surface area contributed by atoms with Crippen molar-refractivity contribution in [3.05, 3.63) is 56.5 Å². The molecule has 4 nitrogen and oxygen atoms in total. The second kappa shape index (κ2) is 7.30. The lowest BCUT2D eigenvalue weighted by Crippen LogP contribution is -2.26. The Morgan fingerprint density at radius 3 is 2.48 bits per heavy atom. The summed E-state index contributed by atoms with van der Waals surface area (Å²) in [4.78, 5) is 12.4. The van der Waals surface area contributed by atoms with Gasteiger partial charge in [-0.15, -0.1) is 0 Å². The predicted octanol–water partition coefficient (Wildman–Crippen LogP) is 4.85. The van der Waals surface area contributed by atoms with E-state index in [1.54, 1.807) is 25.1 Å². The van der Waals surface area contributed by atoms with Crippen molar-refractivity contribution in [2.45, 2.75) is 13.0 Å². The maximum absolute atomic E-state index is 12.4. The smallest absolute Gasteiger partial charge is 0.251 e. The lowest BCUT2D eigenvalue weighted by atomic mass is 10.1. The number of ether oxygens (including phenoxy) is 1. The molecular formula is C16H14Cl3NO3. The second-order valence-electron chi connectivity index (χ2n) is 4.87. The number of hydrogen-bond donors (Lipinski definition) is 2. The van der Waals surface area contributed by atoms with Crippen molar-refractivity contribution < 1.29 is 14.6 Å². The average Bonchev–Trinajstić information content (AvgIpc) is 2.49. The van der Waals surface area contributed by atoms with E-state index >= 15 is 0 Å². The Balaban J connectivity index is 2.23. The number of amides is 1. The first-order chi connectivity index (χ1) is 10.8. The van der Waals surface area contributed by atoms with Gasteiger partial charge in [0.25, 0.3) is 5.91 Å². The van der Waals surface area contributed by atoms with Gasteiger partial charge in [0.05, 0.1) is 18.2 Å². The number of benzene rings is 2. The summed E-state index contributed by atoms with van der Waals surface area (Å²) < 4.78 is 4.99. The molecule has 23 heavy (non-hydrogen) atoms. The zero-order valence-corrected chi connectivity index (χ0v) is 14.6. The van der Waals surface area contributed by atoms with Gasteiger partial charge in [-0.3, -0.25) is 4.79 Å². The summed E-state index contributed by atoms with van der Waals surface area (Å²) in [5.41, 5.74) is 1.00. The first-order valence-electron chi connectivity index (χ1n) is 6.65. The van der Waals surface area contributed by atoms with Gasteiger partial charge < -0.3 is 15.2 Å². The maximum atomic E-state index is 12.4. The molecule has 0 radical (unpaired) electrons. The van der Waals surface area contributed by atoms with Gasteiger partial charge in [-0.1, -0.05) is 40.9 Å². The summed E-state index contributed by atoms with van der Waals surface area (Å²) in [6.45, 7) is 1.80. The highest BCUT2D eigenvalue weighted by Crippen LogP contribution is 2.35. The Labute approximate surface area is 148 Å². The number of methoxy groups -OCH3 is 1. The minimum Gasteiger partial charge on any atom is -0.503 e. The number of halogens is 3. The molecule has 0 saturated heterocycles. The summed E-state index contributed by atoms with van der Waals surface area (Å²) in [5, 5.41) is 13.5. The van der Waals surface area contributed by atoms with Crippen LogP contribution >= 0.6 is 34.8 Å². The first kappa shape index (κ1) is 17.7. The monoisotopic (exact) mass is 373 g/mol. The van der Waals surface area contributed by atoms with E-state index in [-0.39, 0.29) is 34.0 Å². The van der Waals surface area contributed by atoms with E-state index in [0.717, 1.165) is 5.56 Å². The molecule has 0 fully saturated rings. The van der Waals surface area contributed by atoms with Crippen molar-refractivity contribution >= 4 is 40.7 Å². The predicted molar refractivity (Wildman–Crippen MR) is 92.0 cm³/mol. The quantitative estimate of drug-likeness (QED) is 0.804. The van der Waals surface area contributed by atoms with E-state index in [1.165, 1.54) is 19.2 Å². The maximum Gasteiger partial charge on any atom is 0.251 e. The van der Waals surface area contributed by atoms with Crippen LogP contribution in [0, 0.1) is 0 Å². The van der Waals surface area contributed by atoms with Gasteiger partial charge in [0.1, 0.15) is 0 Å². The fourth-order valence-electron chi connectivity index (χ4n) is 2.07. The second-order valence-corrected chi connectivity index (χ2v) is 6.12. The summed E-state index contributed by atoms with van der Waals surface area (Å²) in [7, 11) is 1.38. The number of carbonyl (C=O) groups is 1. The van der Waals surface area contributed by atoms with Gasteiger partial charge in [-0.25, -0.2) is 0 Å². The molecule has 2 N–H and O–H groups in total. The van der Waals surface area contributed by atoms with Crippen LogP contribution in [0.3, 0.4) is 0 Å². The fraction of sp³-hybridized carbons (Fsp3) is 0.188. The third-order valence-corrected chi connectivity index (χ3v) is 4.14. The lowest BCUT2D eigenvalue weighted by molar-refractivity contribution is 0.0939. The molecule has 0 spiro atoms. The Hall–Kier alpha value is -1.62. The largest absolute Gasteiger partial charge is 0.503 e. The van der Waals surface area contributed by atoms with Crippen molar-refractivity contribution in [3.63, 3.8) is 0 Å². The molecule has 1 amide bonds. The van der Waals surface area contributed by atoms with Crippen molar-refractivity contribution in [3.8, 4) is 11.5 Å². The number of phenolic OH excluding ortho intramolecular Hbond substituents is 1. The third-order valence-electron chi connectivity index (χ3n) is 3.29. The number of carbonyl (C=O) groups excluding carboxylic acids is 1. The highest BCUT2D eigenvalue weighted by atomic mass is 35.5. The summed E-state index contributed by atoms with van der Waals surface area (Å²) in [6.07, 6.45) is 0. The van der Waals surface area contributed by atoms with Gasteiger partial charge in [-0.05, 0) is 36.8 Å². The number of nitrogens with one attached hydrogen (secondary N) is 1. The van der Waals surface area contributed by atoms with Crippen molar-refractivity contribution in [2.75, 3.05) is 7.11 Å². The summed E-state index contributed by atoms with van der Waals surface area (Å²) in [5.74, 6) is -0.456. The van der Waals surface area contributed by atoms with Gasteiger partial charge in [-0.2, -0.15) is 0 Å². The SMILES string of the molecule is COc1cc(C(=O)N[C@H](C)c2ccc(Cl)cc2Cl)cc(Cl)c1O. The Kier molecular flexibility index (Phi) is 5.63. The third kappa shape index (κ3) is 4.02. The molecule has 7 heteroatoms. The number of hydrogen-bond acceptors (Lipinski definition) is 3. The van der Waals surface area contributed by atoms with E-state index in [9.17, 15) is 9.90 Å². The molecule has 2 rings (SSSR count). The molecule has 0 saturated carbocycles. The van der Waals surface area contributed by atoms with E-state index < -0.39 is 0 Å². The lowest BCUT2D eigenvalue weighted by Gasteiger charge is -2.16. The number of phenols is 1. The number of rotatable bonds is 4. The van der Waals surface area contributed by atoms with Crippen LogP contribution in [0.15, 0.2) is 30.3 Å². The summed E-state index contributed by atoms with van der Waals surface area (Å²) in [6, 6.07) is 7.50. The molecule has 0 heterocycles. The molecule has 0 unspecified atom stereocenters. The fourth-order valence-corrected chi connectivity index (χ4v) is 2.85. The van der Waals surface area contributed by atoms with Crippen LogP contribution < -0.4 is 10.1 Å². The minimum atomic E-state index is -0.372. The van der Waals surface area contributed by atoms with Crippen LogP contribution in [-0.2, 0) is 0 Å². The van der Waals surface area contributed by atoms with Crippen LogP contribution in [0.2, 0.25) is 15.1 Å². The molecule has 0 aliphatic carbocycles. The molecule has 0 aliphatic heterocycles.